The SMILES string of the molecule is CCCN(c1ccc(CNC(C)(C)C)cc1Cl)C(C)C. The first-order valence-electron chi connectivity index (χ1n) is 7.54. The normalized spacial score (nSPS) is 12.0. The molecule has 0 saturated heterocycles. The fraction of sp³-hybridized carbons (Fsp3) is 0.647. The summed E-state index contributed by atoms with van der Waals surface area (Å²) in [5.74, 6) is 0. The zero-order valence-corrected chi connectivity index (χ0v) is 14.5. The largest absolute Gasteiger partial charge is 0.368 e. The summed E-state index contributed by atoms with van der Waals surface area (Å²) in [7, 11) is 0. The van der Waals surface area contributed by atoms with Crippen LogP contribution in [0.5, 0.6) is 0 Å². The maximum absolute atomic E-state index is 6.48. The molecule has 0 heterocycles. The Labute approximate surface area is 129 Å². The second kappa shape index (κ2) is 7.33. The van der Waals surface area contributed by atoms with Gasteiger partial charge in [0.1, 0.15) is 0 Å². The lowest BCUT2D eigenvalue weighted by Gasteiger charge is -2.30. The Hall–Kier alpha value is -0.730. The fourth-order valence-electron chi connectivity index (χ4n) is 2.16. The second-order valence-electron chi connectivity index (χ2n) is 6.68. The maximum Gasteiger partial charge on any atom is 0.0642 e. The molecule has 0 saturated carbocycles. The van der Waals surface area contributed by atoms with Crippen LogP contribution in [0.1, 0.15) is 53.5 Å². The van der Waals surface area contributed by atoms with Gasteiger partial charge in [0.15, 0.2) is 0 Å². The van der Waals surface area contributed by atoms with Crippen molar-refractivity contribution in [2.24, 2.45) is 0 Å². The number of halogens is 1. The Morgan fingerprint density at radius 1 is 1.25 bits per heavy atom. The zero-order valence-electron chi connectivity index (χ0n) is 13.8. The van der Waals surface area contributed by atoms with Gasteiger partial charge < -0.3 is 10.2 Å². The van der Waals surface area contributed by atoms with Crippen LogP contribution in [0, 0.1) is 0 Å². The molecular weight excluding hydrogens is 268 g/mol. The standard InChI is InChI=1S/C17H29ClN2/c1-7-10-20(13(2)3)16-9-8-14(11-15(16)18)12-19-17(4,5)6/h8-9,11,13,19H,7,10,12H2,1-6H3. The summed E-state index contributed by atoms with van der Waals surface area (Å²) in [6.45, 7) is 15.0. The first kappa shape index (κ1) is 17.3. The highest BCUT2D eigenvalue weighted by Crippen LogP contribution is 2.28. The smallest absolute Gasteiger partial charge is 0.0642 e. The molecular formula is C17H29ClN2. The number of nitrogens with one attached hydrogen (secondary N) is 1. The molecule has 0 radical (unpaired) electrons. The van der Waals surface area contributed by atoms with Gasteiger partial charge >= 0.3 is 0 Å². The Balaban J connectivity index is 2.86. The van der Waals surface area contributed by atoms with Crippen LogP contribution < -0.4 is 10.2 Å². The molecule has 2 nitrogen and oxygen atoms in total. The van der Waals surface area contributed by atoms with E-state index >= 15 is 0 Å². The van der Waals surface area contributed by atoms with Gasteiger partial charge in [-0.1, -0.05) is 24.6 Å². The summed E-state index contributed by atoms with van der Waals surface area (Å²) < 4.78 is 0. The molecule has 0 amide bonds. The lowest BCUT2D eigenvalue weighted by atomic mass is 10.1. The molecule has 0 unspecified atom stereocenters. The molecule has 0 fully saturated rings. The molecule has 114 valence electrons. The van der Waals surface area contributed by atoms with Crippen molar-refractivity contribution in [3.05, 3.63) is 28.8 Å². The Kier molecular flexibility index (Phi) is 6.35. The Bertz CT molecular complexity index is 421. The monoisotopic (exact) mass is 296 g/mol. The van der Waals surface area contributed by atoms with E-state index in [2.05, 4.69) is 70.0 Å². The number of nitrogens with zero attached hydrogens (tertiary/aromatic N) is 1. The molecule has 0 atom stereocenters. The molecule has 0 spiro atoms. The van der Waals surface area contributed by atoms with Gasteiger partial charge in [0, 0.05) is 24.7 Å². The van der Waals surface area contributed by atoms with E-state index in [9.17, 15) is 0 Å². The van der Waals surface area contributed by atoms with Crippen LogP contribution in [0.3, 0.4) is 0 Å². The molecule has 1 aromatic rings. The van der Waals surface area contributed by atoms with Gasteiger partial charge in [0.05, 0.1) is 10.7 Å². The van der Waals surface area contributed by atoms with Gasteiger partial charge in [-0.3, -0.25) is 0 Å². The van der Waals surface area contributed by atoms with Crippen LogP contribution in [-0.2, 0) is 6.54 Å². The van der Waals surface area contributed by atoms with E-state index in [0.29, 0.717) is 6.04 Å². The molecule has 1 aromatic carbocycles. The van der Waals surface area contributed by atoms with Crippen molar-refractivity contribution >= 4 is 17.3 Å². The highest BCUT2D eigenvalue weighted by Gasteiger charge is 2.14. The third-order valence-corrected chi connectivity index (χ3v) is 3.53. The molecule has 0 aliphatic carbocycles. The lowest BCUT2D eigenvalue weighted by Crippen LogP contribution is -2.35. The number of rotatable bonds is 6. The Morgan fingerprint density at radius 2 is 1.90 bits per heavy atom. The van der Waals surface area contributed by atoms with Crippen molar-refractivity contribution in [2.45, 2.75) is 66.1 Å². The predicted octanol–water partition coefficient (Wildman–Crippen LogP) is 4.85. The summed E-state index contributed by atoms with van der Waals surface area (Å²) in [4.78, 5) is 2.36. The van der Waals surface area contributed by atoms with Gasteiger partial charge in [-0.25, -0.2) is 0 Å². The maximum atomic E-state index is 6.48. The van der Waals surface area contributed by atoms with Crippen molar-refractivity contribution in [3.63, 3.8) is 0 Å². The summed E-state index contributed by atoms with van der Waals surface area (Å²) >= 11 is 6.48. The minimum absolute atomic E-state index is 0.122. The van der Waals surface area contributed by atoms with Crippen LogP contribution >= 0.6 is 11.6 Å². The minimum atomic E-state index is 0.122. The summed E-state index contributed by atoms with van der Waals surface area (Å²) in [6, 6.07) is 6.87. The highest BCUT2D eigenvalue weighted by atomic mass is 35.5. The van der Waals surface area contributed by atoms with E-state index in [1.165, 1.54) is 5.56 Å². The Morgan fingerprint density at radius 3 is 2.35 bits per heavy atom. The van der Waals surface area contributed by atoms with E-state index in [1.54, 1.807) is 0 Å². The van der Waals surface area contributed by atoms with Crippen molar-refractivity contribution in [1.29, 1.82) is 0 Å². The molecule has 0 aliphatic heterocycles. The molecule has 20 heavy (non-hydrogen) atoms. The quantitative estimate of drug-likeness (QED) is 0.807. The lowest BCUT2D eigenvalue weighted by molar-refractivity contribution is 0.424. The van der Waals surface area contributed by atoms with Crippen molar-refractivity contribution in [2.75, 3.05) is 11.4 Å². The van der Waals surface area contributed by atoms with Gasteiger partial charge in [0.2, 0.25) is 0 Å². The van der Waals surface area contributed by atoms with E-state index in [0.717, 1.165) is 30.2 Å². The van der Waals surface area contributed by atoms with Crippen LogP contribution in [0.25, 0.3) is 0 Å². The molecule has 0 bridgehead atoms. The van der Waals surface area contributed by atoms with Crippen LogP contribution in [0.2, 0.25) is 5.02 Å². The predicted molar refractivity (Wildman–Crippen MR) is 90.8 cm³/mol. The third kappa shape index (κ3) is 5.34. The molecule has 0 aromatic heterocycles. The summed E-state index contributed by atoms with van der Waals surface area (Å²) in [6.07, 6.45) is 1.13. The van der Waals surface area contributed by atoms with Gasteiger partial charge in [0.25, 0.3) is 0 Å². The molecule has 1 N–H and O–H groups in total. The van der Waals surface area contributed by atoms with E-state index in [4.69, 9.17) is 11.6 Å². The summed E-state index contributed by atoms with van der Waals surface area (Å²) in [5.41, 5.74) is 2.49. The highest BCUT2D eigenvalue weighted by molar-refractivity contribution is 6.33. The zero-order chi connectivity index (χ0) is 15.3. The van der Waals surface area contributed by atoms with E-state index in [1.807, 2.05) is 0 Å². The first-order valence-corrected chi connectivity index (χ1v) is 7.92. The van der Waals surface area contributed by atoms with Gasteiger partial charge in [-0.05, 0) is 58.7 Å². The summed E-state index contributed by atoms with van der Waals surface area (Å²) in [5, 5.41) is 4.34. The van der Waals surface area contributed by atoms with Gasteiger partial charge in [-0.2, -0.15) is 0 Å². The van der Waals surface area contributed by atoms with Crippen molar-refractivity contribution in [3.8, 4) is 0 Å². The number of hydrogen-bond donors (Lipinski definition) is 1. The van der Waals surface area contributed by atoms with Crippen LogP contribution in [-0.4, -0.2) is 18.1 Å². The van der Waals surface area contributed by atoms with Crippen molar-refractivity contribution in [1.82, 2.24) is 5.32 Å². The average Bonchev–Trinajstić information content (AvgIpc) is 2.33. The number of benzene rings is 1. The molecule has 0 aliphatic rings. The third-order valence-electron chi connectivity index (χ3n) is 3.23. The van der Waals surface area contributed by atoms with E-state index in [-0.39, 0.29) is 5.54 Å². The van der Waals surface area contributed by atoms with Crippen LogP contribution in [0.4, 0.5) is 5.69 Å². The fourth-order valence-corrected chi connectivity index (χ4v) is 2.47. The van der Waals surface area contributed by atoms with E-state index < -0.39 is 0 Å². The number of hydrogen-bond acceptors (Lipinski definition) is 2. The molecule has 1 rings (SSSR count). The first-order chi connectivity index (χ1) is 9.24. The van der Waals surface area contributed by atoms with Crippen molar-refractivity contribution < 1.29 is 0 Å². The average molecular weight is 297 g/mol. The van der Waals surface area contributed by atoms with Gasteiger partial charge in [-0.15, -0.1) is 0 Å². The minimum Gasteiger partial charge on any atom is -0.368 e. The van der Waals surface area contributed by atoms with Crippen LogP contribution in [0.15, 0.2) is 18.2 Å². The molecule has 3 heteroatoms. The second-order valence-corrected chi connectivity index (χ2v) is 7.08. The topological polar surface area (TPSA) is 15.3 Å². The number of anilines is 1.